The molecule has 0 bridgehead atoms. The fourth-order valence-electron chi connectivity index (χ4n) is 2.86. The highest BCUT2D eigenvalue weighted by atomic mass is 19.1. The summed E-state index contributed by atoms with van der Waals surface area (Å²) in [4.78, 5) is 24.6. The fourth-order valence-corrected chi connectivity index (χ4v) is 2.86. The molecular formula is C21H20FN3O2. The van der Waals surface area contributed by atoms with E-state index in [9.17, 15) is 14.0 Å². The molecular weight excluding hydrogens is 345 g/mol. The first-order valence-corrected chi connectivity index (χ1v) is 8.66. The molecule has 0 saturated heterocycles. The Balaban J connectivity index is 1.81. The first-order chi connectivity index (χ1) is 13.0. The molecule has 3 aromatic rings. The second kappa shape index (κ2) is 7.95. The minimum Gasteiger partial charge on any atom is -0.350 e. The van der Waals surface area contributed by atoms with Gasteiger partial charge in [0.2, 0.25) is 5.43 Å². The average Bonchev–Trinajstić information content (AvgIpc) is 2.64. The number of nitrogens with zero attached hydrogens (tertiary/aromatic N) is 2. The molecule has 0 aliphatic rings. The highest BCUT2D eigenvalue weighted by Gasteiger charge is 2.16. The van der Waals surface area contributed by atoms with Gasteiger partial charge in [-0.3, -0.25) is 9.59 Å². The molecule has 5 nitrogen and oxygen atoms in total. The molecule has 1 heterocycles. The number of para-hydroxylation sites is 1. The van der Waals surface area contributed by atoms with Crippen LogP contribution in [0.2, 0.25) is 0 Å². The van der Waals surface area contributed by atoms with Crippen LogP contribution in [0.5, 0.6) is 0 Å². The Bertz CT molecular complexity index is 1040. The topological polar surface area (TPSA) is 64.0 Å². The standard InChI is InChI=1S/C21H20FN3O2/c1-14-7-3-4-8-16(14)11-12-23-21(27)20-19(26)13-15(2)25(24-20)18-10-6-5-9-17(18)22/h3-10,13H,11-12H2,1-2H3,(H,23,27). The first kappa shape index (κ1) is 18.5. The van der Waals surface area contributed by atoms with E-state index < -0.39 is 17.2 Å². The number of hydrogen-bond donors (Lipinski definition) is 1. The number of carbonyl (C=O) groups excluding carboxylic acids is 1. The van der Waals surface area contributed by atoms with Crippen molar-refractivity contribution in [3.8, 4) is 5.69 Å². The van der Waals surface area contributed by atoms with Gasteiger partial charge in [0, 0.05) is 18.3 Å². The molecule has 6 heteroatoms. The van der Waals surface area contributed by atoms with Crippen LogP contribution in [0.3, 0.4) is 0 Å². The van der Waals surface area contributed by atoms with E-state index in [0.717, 1.165) is 11.1 Å². The number of amides is 1. The molecule has 27 heavy (non-hydrogen) atoms. The van der Waals surface area contributed by atoms with Crippen LogP contribution in [-0.4, -0.2) is 22.2 Å². The summed E-state index contributed by atoms with van der Waals surface area (Å²) in [5.74, 6) is -1.05. The van der Waals surface area contributed by atoms with Gasteiger partial charge in [-0.1, -0.05) is 36.4 Å². The van der Waals surface area contributed by atoms with Crippen LogP contribution in [0.1, 0.15) is 27.3 Å². The van der Waals surface area contributed by atoms with Crippen molar-refractivity contribution in [2.75, 3.05) is 6.54 Å². The van der Waals surface area contributed by atoms with Crippen LogP contribution < -0.4 is 10.7 Å². The summed E-state index contributed by atoms with van der Waals surface area (Å²) in [5.41, 5.74) is 2.15. The number of aromatic nitrogens is 2. The number of hydrogen-bond acceptors (Lipinski definition) is 3. The van der Waals surface area contributed by atoms with Crippen molar-refractivity contribution in [3.05, 3.63) is 93.2 Å². The number of aryl methyl sites for hydroxylation is 2. The Morgan fingerprint density at radius 3 is 2.56 bits per heavy atom. The molecule has 0 atom stereocenters. The van der Waals surface area contributed by atoms with Gasteiger partial charge in [-0.15, -0.1) is 0 Å². The summed E-state index contributed by atoms with van der Waals surface area (Å²) in [6.45, 7) is 4.02. The number of benzene rings is 2. The van der Waals surface area contributed by atoms with Gasteiger partial charge in [0.1, 0.15) is 11.5 Å². The van der Waals surface area contributed by atoms with Crippen molar-refractivity contribution in [1.29, 1.82) is 0 Å². The van der Waals surface area contributed by atoms with E-state index in [1.807, 2.05) is 31.2 Å². The molecule has 1 amide bonds. The number of carbonyl (C=O) groups is 1. The minimum absolute atomic E-state index is 0.184. The monoisotopic (exact) mass is 365 g/mol. The molecule has 1 aromatic heterocycles. The van der Waals surface area contributed by atoms with Gasteiger partial charge >= 0.3 is 0 Å². The predicted molar refractivity (Wildman–Crippen MR) is 102 cm³/mol. The van der Waals surface area contributed by atoms with Crippen molar-refractivity contribution < 1.29 is 9.18 Å². The fraction of sp³-hybridized carbons (Fsp3) is 0.190. The van der Waals surface area contributed by atoms with E-state index in [1.165, 1.54) is 16.8 Å². The maximum absolute atomic E-state index is 14.1. The van der Waals surface area contributed by atoms with Crippen molar-refractivity contribution >= 4 is 5.91 Å². The molecule has 0 saturated carbocycles. The van der Waals surface area contributed by atoms with Crippen LogP contribution in [-0.2, 0) is 6.42 Å². The lowest BCUT2D eigenvalue weighted by molar-refractivity contribution is 0.0946. The van der Waals surface area contributed by atoms with E-state index in [1.54, 1.807) is 25.1 Å². The van der Waals surface area contributed by atoms with Gasteiger partial charge in [-0.25, -0.2) is 9.07 Å². The summed E-state index contributed by atoms with van der Waals surface area (Å²) >= 11 is 0. The third kappa shape index (κ3) is 4.11. The number of rotatable bonds is 5. The molecule has 0 spiro atoms. The Morgan fingerprint density at radius 2 is 1.81 bits per heavy atom. The maximum Gasteiger partial charge on any atom is 0.275 e. The van der Waals surface area contributed by atoms with Gasteiger partial charge in [-0.2, -0.15) is 5.10 Å². The SMILES string of the molecule is Cc1ccccc1CCNC(=O)c1nn(-c2ccccc2F)c(C)cc1=O. The highest BCUT2D eigenvalue weighted by molar-refractivity contribution is 5.92. The number of nitrogens with one attached hydrogen (secondary N) is 1. The van der Waals surface area contributed by atoms with Crippen LogP contribution in [0.15, 0.2) is 59.4 Å². The molecule has 0 fully saturated rings. The first-order valence-electron chi connectivity index (χ1n) is 8.66. The van der Waals surface area contributed by atoms with Gasteiger partial charge < -0.3 is 5.32 Å². The second-order valence-corrected chi connectivity index (χ2v) is 6.29. The molecule has 0 unspecified atom stereocenters. The third-order valence-electron chi connectivity index (χ3n) is 4.34. The van der Waals surface area contributed by atoms with Gasteiger partial charge in [0.25, 0.3) is 5.91 Å². The zero-order chi connectivity index (χ0) is 19.4. The Morgan fingerprint density at radius 1 is 1.11 bits per heavy atom. The largest absolute Gasteiger partial charge is 0.350 e. The maximum atomic E-state index is 14.1. The molecule has 3 rings (SSSR count). The lowest BCUT2D eigenvalue weighted by Gasteiger charge is -2.12. The molecule has 138 valence electrons. The van der Waals surface area contributed by atoms with Gasteiger partial charge in [0.05, 0.1) is 0 Å². The van der Waals surface area contributed by atoms with Gasteiger partial charge in [0.15, 0.2) is 5.69 Å². The van der Waals surface area contributed by atoms with Crippen molar-refractivity contribution in [1.82, 2.24) is 15.1 Å². The normalized spacial score (nSPS) is 10.6. The Kier molecular flexibility index (Phi) is 5.45. The Labute approximate surface area is 156 Å². The summed E-state index contributed by atoms with van der Waals surface area (Å²) in [6, 6.07) is 15.3. The Hall–Kier alpha value is -3.28. The zero-order valence-corrected chi connectivity index (χ0v) is 15.2. The van der Waals surface area contributed by atoms with E-state index in [0.29, 0.717) is 18.7 Å². The average molecular weight is 365 g/mol. The summed E-state index contributed by atoms with van der Waals surface area (Å²) in [7, 11) is 0. The van der Waals surface area contributed by atoms with E-state index in [-0.39, 0.29) is 11.4 Å². The number of halogens is 1. The highest BCUT2D eigenvalue weighted by Crippen LogP contribution is 2.13. The summed E-state index contributed by atoms with van der Waals surface area (Å²) in [6.07, 6.45) is 0.645. The molecule has 2 aromatic carbocycles. The van der Waals surface area contributed by atoms with Crippen LogP contribution in [0, 0.1) is 19.7 Å². The molecule has 0 aliphatic heterocycles. The van der Waals surface area contributed by atoms with E-state index >= 15 is 0 Å². The van der Waals surface area contributed by atoms with E-state index in [2.05, 4.69) is 10.4 Å². The van der Waals surface area contributed by atoms with Crippen molar-refractivity contribution in [2.45, 2.75) is 20.3 Å². The second-order valence-electron chi connectivity index (χ2n) is 6.29. The molecule has 1 N–H and O–H groups in total. The van der Waals surface area contributed by atoms with Gasteiger partial charge in [-0.05, 0) is 43.5 Å². The summed E-state index contributed by atoms with van der Waals surface area (Å²) < 4.78 is 15.3. The van der Waals surface area contributed by atoms with E-state index in [4.69, 9.17) is 0 Å². The predicted octanol–water partition coefficient (Wildman–Crippen LogP) is 2.96. The molecule has 0 aliphatic carbocycles. The van der Waals surface area contributed by atoms with Crippen molar-refractivity contribution in [2.24, 2.45) is 0 Å². The lowest BCUT2D eigenvalue weighted by Crippen LogP contribution is -2.33. The van der Waals surface area contributed by atoms with Crippen LogP contribution >= 0.6 is 0 Å². The van der Waals surface area contributed by atoms with Crippen LogP contribution in [0.4, 0.5) is 4.39 Å². The zero-order valence-electron chi connectivity index (χ0n) is 15.2. The minimum atomic E-state index is -0.571. The molecule has 0 radical (unpaired) electrons. The quantitative estimate of drug-likeness (QED) is 0.756. The lowest BCUT2D eigenvalue weighted by atomic mass is 10.1. The van der Waals surface area contributed by atoms with Crippen LogP contribution in [0.25, 0.3) is 5.69 Å². The summed E-state index contributed by atoms with van der Waals surface area (Å²) in [5, 5.41) is 6.82. The smallest absolute Gasteiger partial charge is 0.275 e. The third-order valence-corrected chi connectivity index (χ3v) is 4.34. The van der Waals surface area contributed by atoms with Crippen molar-refractivity contribution in [3.63, 3.8) is 0 Å².